The minimum atomic E-state index is -3.81. The minimum absolute atomic E-state index is 0.0403. The van der Waals surface area contributed by atoms with Crippen LogP contribution in [0.1, 0.15) is 49.0 Å². The van der Waals surface area contributed by atoms with Gasteiger partial charge in [-0.05, 0) is 42.9 Å². The highest BCUT2D eigenvalue weighted by Gasteiger charge is 2.37. The molecule has 1 fully saturated rings. The van der Waals surface area contributed by atoms with E-state index in [1.165, 1.54) is 6.07 Å². The topological polar surface area (TPSA) is 89.3 Å². The molecular formula is C15H22N2O3S. The van der Waals surface area contributed by atoms with Gasteiger partial charge in [-0.15, -0.1) is 0 Å². The van der Waals surface area contributed by atoms with Gasteiger partial charge in [0.25, 0.3) is 5.91 Å². The highest BCUT2D eigenvalue weighted by Crippen LogP contribution is 2.34. The van der Waals surface area contributed by atoms with Gasteiger partial charge in [0.1, 0.15) is 0 Å². The first-order valence-electron chi connectivity index (χ1n) is 7.33. The molecule has 21 heavy (non-hydrogen) atoms. The number of hydrogen-bond donors (Lipinski definition) is 2. The van der Waals surface area contributed by atoms with Crippen LogP contribution < -0.4 is 10.5 Å². The Morgan fingerprint density at radius 2 is 2.10 bits per heavy atom. The van der Waals surface area contributed by atoms with E-state index in [2.05, 4.69) is 12.2 Å². The third-order valence-corrected chi connectivity index (χ3v) is 4.91. The van der Waals surface area contributed by atoms with Crippen molar-refractivity contribution in [3.05, 3.63) is 29.3 Å². The van der Waals surface area contributed by atoms with E-state index in [0.717, 1.165) is 19.3 Å². The van der Waals surface area contributed by atoms with Crippen LogP contribution in [0, 0.1) is 5.92 Å². The van der Waals surface area contributed by atoms with Crippen LogP contribution >= 0.6 is 0 Å². The van der Waals surface area contributed by atoms with Crippen molar-refractivity contribution in [2.75, 3.05) is 0 Å². The molecule has 2 atom stereocenters. The van der Waals surface area contributed by atoms with Crippen LogP contribution in [0.15, 0.2) is 23.1 Å². The van der Waals surface area contributed by atoms with Crippen molar-refractivity contribution in [2.45, 2.75) is 50.5 Å². The molecule has 0 aromatic heterocycles. The van der Waals surface area contributed by atoms with E-state index in [-0.39, 0.29) is 16.8 Å². The molecule has 3 N–H and O–H groups in total. The summed E-state index contributed by atoms with van der Waals surface area (Å²) in [5.41, 5.74) is 0.975. The summed E-state index contributed by atoms with van der Waals surface area (Å²) < 4.78 is 23.2. The smallest absolute Gasteiger partial charge is 0.251 e. The molecule has 0 aliphatic heterocycles. The van der Waals surface area contributed by atoms with Crippen LogP contribution in [0.3, 0.4) is 0 Å². The summed E-state index contributed by atoms with van der Waals surface area (Å²) in [6.45, 7) is 3.97. The third kappa shape index (κ3) is 3.83. The van der Waals surface area contributed by atoms with Crippen molar-refractivity contribution in [3.63, 3.8) is 0 Å². The lowest BCUT2D eigenvalue weighted by atomic mass is 10.1. The fourth-order valence-electron chi connectivity index (χ4n) is 2.62. The molecular weight excluding hydrogens is 288 g/mol. The molecule has 1 aromatic carbocycles. The van der Waals surface area contributed by atoms with Gasteiger partial charge in [0.2, 0.25) is 10.0 Å². The van der Waals surface area contributed by atoms with E-state index in [1.54, 1.807) is 12.1 Å². The number of carbonyl (C=O) groups excluding carboxylic acids is 1. The van der Waals surface area contributed by atoms with Crippen molar-refractivity contribution in [1.82, 2.24) is 5.32 Å². The van der Waals surface area contributed by atoms with Gasteiger partial charge in [0, 0.05) is 11.6 Å². The predicted octanol–water partition coefficient (Wildman–Crippen LogP) is 1.81. The van der Waals surface area contributed by atoms with Gasteiger partial charge in [0.05, 0.1) is 4.90 Å². The van der Waals surface area contributed by atoms with Crippen molar-refractivity contribution in [3.8, 4) is 0 Å². The molecule has 1 saturated carbocycles. The van der Waals surface area contributed by atoms with E-state index in [9.17, 15) is 13.2 Å². The Bertz CT molecular complexity index is 640. The zero-order chi connectivity index (χ0) is 15.6. The Kier molecular flexibility index (Phi) is 4.68. The van der Waals surface area contributed by atoms with Crippen LogP contribution in [0.2, 0.25) is 0 Å². The molecule has 2 rings (SSSR count). The third-order valence-electron chi connectivity index (χ3n) is 3.92. The zero-order valence-electron chi connectivity index (χ0n) is 12.4. The molecule has 0 bridgehead atoms. The summed E-state index contributed by atoms with van der Waals surface area (Å²) in [6, 6.07) is 4.91. The quantitative estimate of drug-likeness (QED) is 0.840. The second-order valence-corrected chi connectivity index (χ2v) is 7.12. The van der Waals surface area contributed by atoms with Crippen molar-refractivity contribution >= 4 is 15.9 Å². The molecule has 1 aromatic rings. The van der Waals surface area contributed by atoms with Gasteiger partial charge in [-0.25, -0.2) is 13.6 Å². The van der Waals surface area contributed by atoms with Crippen molar-refractivity contribution in [2.24, 2.45) is 11.1 Å². The predicted molar refractivity (Wildman–Crippen MR) is 81.5 cm³/mol. The average Bonchev–Trinajstić information content (AvgIpc) is 3.15. The van der Waals surface area contributed by atoms with Gasteiger partial charge in [0.15, 0.2) is 0 Å². The summed E-state index contributed by atoms with van der Waals surface area (Å²) in [4.78, 5) is 12.2. The van der Waals surface area contributed by atoms with Crippen LogP contribution in [-0.2, 0) is 16.4 Å². The maximum absolute atomic E-state index is 12.2. The number of sulfonamides is 1. The summed E-state index contributed by atoms with van der Waals surface area (Å²) >= 11 is 0. The average molecular weight is 310 g/mol. The largest absolute Gasteiger partial charge is 0.349 e. The minimum Gasteiger partial charge on any atom is -0.349 e. The second-order valence-electron chi connectivity index (χ2n) is 5.59. The number of benzene rings is 1. The monoisotopic (exact) mass is 310 g/mol. The van der Waals surface area contributed by atoms with Gasteiger partial charge in [-0.2, -0.15) is 0 Å². The van der Waals surface area contributed by atoms with Gasteiger partial charge in [-0.1, -0.05) is 26.3 Å². The molecule has 0 saturated heterocycles. The summed E-state index contributed by atoms with van der Waals surface area (Å²) in [5.74, 6) is 0.331. The fourth-order valence-corrected chi connectivity index (χ4v) is 3.49. The Labute approximate surface area is 126 Å². The first kappa shape index (κ1) is 16.0. The number of primary sulfonamides is 1. The maximum Gasteiger partial charge on any atom is 0.251 e. The zero-order valence-corrected chi connectivity index (χ0v) is 13.2. The van der Waals surface area contributed by atoms with Gasteiger partial charge < -0.3 is 5.32 Å². The molecule has 0 radical (unpaired) electrons. The molecule has 1 amide bonds. The number of carbonyl (C=O) groups is 1. The Morgan fingerprint density at radius 1 is 1.38 bits per heavy atom. The van der Waals surface area contributed by atoms with E-state index in [4.69, 9.17) is 5.14 Å². The Hall–Kier alpha value is -1.40. The maximum atomic E-state index is 12.2. The number of amides is 1. The number of nitrogens with two attached hydrogens (primary N) is 1. The van der Waals surface area contributed by atoms with Gasteiger partial charge >= 0.3 is 0 Å². The molecule has 116 valence electrons. The molecule has 5 nitrogen and oxygen atoms in total. The molecule has 1 aliphatic rings. The lowest BCUT2D eigenvalue weighted by molar-refractivity contribution is 0.0948. The molecule has 6 heteroatoms. The highest BCUT2D eigenvalue weighted by molar-refractivity contribution is 7.89. The van der Waals surface area contributed by atoms with E-state index >= 15 is 0 Å². The lowest BCUT2D eigenvalue weighted by Crippen LogP contribution is -2.27. The van der Waals surface area contributed by atoms with Crippen LogP contribution in [0.25, 0.3) is 0 Å². The van der Waals surface area contributed by atoms with Crippen LogP contribution in [0.5, 0.6) is 0 Å². The van der Waals surface area contributed by atoms with Crippen molar-refractivity contribution in [1.29, 1.82) is 0 Å². The first-order valence-corrected chi connectivity index (χ1v) is 8.88. The Morgan fingerprint density at radius 3 is 2.67 bits per heavy atom. The molecule has 0 heterocycles. The summed E-state index contributed by atoms with van der Waals surface area (Å²) in [7, 11) is -3.81. The second kappa shape index (κ2) is 6.15. The Balaban J connectivity index is 2.15. The standard InChI is InChI=1S/C15H22N2O3S/c1-3-5-11-8-13(11)17-15(18)12-7-6-10(4-2)14(9-12)21(16,19)20/h6-7,9,11,13H,3-5,8H2,1-2H3,(H,17,18)(H2,16,19,20). The number of rotatable bonds is 6. The SMILES string of the molecule is CCCC1CC1NC(=O)c1ccc(CC)c(S(N)(=O)=O)c1. The molecule has 1 aliphatic carbocycles. The summed E-state index contributed by atoms with van der Waals surface area (Å²) in [6.07, 6.45) is 3.78. The normalized spacial score (nSPS) is 21.1. The van der Waals surface area contributed by atoms with Gasteiger partial charge in [-0.3, -0.25) is 4.79 Å². The molecule has 0 spiro atoms. The number of hydrogen-bond acceptors (Lipinski definition) is 3. The van der Waals surface area contributed by atoms with E-state index < -0.39 is 10.0 Å². The van der Waals surface area contributed by atoms with E-state index in [0.29, 0.717) is 23.5 Å². The summed E-state index contributed by atoms with van der Waals surface area (Å²) in [5, 5.41) is 8.16. The van der Waals surface area contributed by atoms with Crippen molar-refractivity contribution < 1.29 is 13.2 Å². The molecule has 2 unspecified atom stereocenters. The van der Waals surface area contributed by atoms with E-state index in [1.807, 2.05) is 6.92 Å². The lowest BCUT2D eigenvalue weighted by Gasteiger charge is -2.09. The number of aryl methyl sites for hydroxylation is 1. The fraction of sp³-hybridized carbons (Fsp3) is 0.533. The van der Waals surface area contributed by atoms with Crippen LogP contribution in [-0.4, -0.2) is 20.4 Å². The van der Waals surface area contributed by atoms with Crippen LogP contribution in [0.4, 0.5) is 0 Å². The first-order chi connectivity index (χ1) is 9.86. The number of nitrogens with one attached hydrogen (secondary N) is 1. The highest BCUT2D eigenvalue weighted by atomic mass is 32.2.